The summed E-state index contributed by atoms with van der Waals surface area (Å²) in [5.41, 5.74) is 9.58. The monoisotopic (exact) mass is 269 g/mol. The SMILES string of the molecule is CCCc1ccc(-n2c(N)nc3cc(F)ccc32)cc1. The van der Waals surface area contributed by atoms with E-state index >= 15 is 0 Å². The number of rotatable bonds is 3. The molecule has 0 bridgehead atoms. The minimum absolute atomic E-state index is 0.305. The van der Waals surface area contributed by atoms with Crippen molar-refractivity contribution < 1.29 is 4.39 Å². The van der Waals surface area contributed by atoms with E-state index in [1.54, 1.807) is 6.07 Å². The average molecular weight is 269 g/mol. The molecule has 0 radical (unpaired) electrons. The van der Waals surface area contributed by atoms with Crippen LogP contribution in [0.4, 0.5) is 10.3 Å². The number of aryl methyl sites for hydroxylation is 1. The van der Waals surface area contributed by atoms with Crippen molar-refractivity contribution in [1.29, 1.82) is 0 Å². The van der Waals surface area contributed by atoms with Crippen LogP contribution in [0, 0.1) is 5.82 Å². The van der Waals surface area contributed by atoms with Crippen LogP contribution in [0.3, 0.4) is 0 Å². The first-order valence-corrected chi connectivity index (χ1v) is 6.72. The van der Waals surface area contributed by atoms with E-state index in [1.807, 2.05) is 16.7 Å². The molecule has 0 atom stereocenters. The normalized spacial score (nSPS) is 11.1. The minimum atomic E-state index is -0.305. The Morgan fingerprint density at radius 1 is 1.15 bits per heavy atom. The smallest absolute Gasteiger partial charge is 0.205 e. The second-order valence-corrected chi connectivity index (χ2v) is 4.85. The number of nitrogens with zero attached hydrogens (tertiary/aromatic N) is 2. The summed E-state index contributed by atoms with van der Waals surface area (Å²) in [4.78, 5) is 4.21. The summed E-state index contributed by atoms with van der Waals surface area (Å²) in [6, 6.07) is 12.7. The number of aromatic nitrogens is 2. The highest BCUT2D eigenvalue weighted by atomic mass is 19.1. The van der Waals surface area contributed by atoms with Crippen LogP contribution in [0.5, 0.6) is 0 Å². The third-order valence-electron chi connectivity index (χ3n) is 3.38. The molecule has 102 valence electrons. The first-order valence-electron chi connectivity index (χ1n) is 6.72. The van der Waals surface area contributed by atoms with E-state index in [0.29, 0.717) is 11.5 Å². The molecule has 0 aliphatic carbocycles. The van der Waals surface area contributed by atoms with Gasteiger partial charge in [0.05, 0.1) is 11.0 Å². The molecule has 4 heteroatoms. The number of nitrogen functional groups attached to an aromatic ring is 1. The van der Waals surface area contributed by atoms with Crippen LogP contribution in [0.25, 0.3) is 16.7 Å². The quantitative estimate of drug-likeness (QED) is 0.788. The molecule has 0 aliphatic rings. The molecule has 0 saturated carbocycles. The van der Waals surface area contributed by atoms with Crippen LogP contribution in [0.2, 0.25) is 0 Å². The van der Waals surface area contributed by atoms with Crippen LogP contribution >= 0.6 is 0 Å². The van der Waals surface area contributed by atoms with Crippen molar-refractivity contribution in [3.8, 4) is 5.69 Å². The Morgan fingerprint density at radius 3 is 2.60 bits per heavy atom. The molecular weight excluding hydrogens is 253 g/mol. The van der Waals surface area contributed by atoms with E-state index in [-0.39, 0.29) is 5.82 Å². The molecular formula is C16H16FN3. The van der Waals surface area contributed by atoms with Crippen molar-refractivity contribution in [1.82, 2.24) is 9.55 Å². The summed E-state index contributed by atoms with van der Waals surface area (Å²) in [5.74, 6) is 0.0642. The first-order chi connectivity index (χ1) is 9.69. The Kier molecular flexibility index (Phi) is 3.14. The Labute approximate surface area is 116 Å². The highest BCUT2D eigenvalue weighted by Gasteiger charge is 2.10. The zero-order chi connectivity index (χ0) is 14.1. The topological polar surface area (TPSA) is 43.8 Å². The van der Waals surface area contributed by atoms with Crippen LogP contribution in [0.15, 0.2) is 42.5 Å². The number of halogens is 1. The third kappa shape index (κ3) is 2.13. The van der Waals surface area contributed by atoms with Crippen molar-refractivity contribution in [3.05, 3.63) is 53.8 Å². The maximum absolute atomic E-state index is 13.2. The van der Waals surface area contributed by atoms with E-state index in [1.165, 1.54) is 17.7 Å². The molecule has 1 heterocycles. The number of anilines is 1. The summed E-state index contributed by atoms with van der Waals surface area (Å²) in [6.45, 7) is 2.16. The summed E-state index contributed by atoms with van der Waals surface area (Å²) < 4.78 is 15.1. The lowest BCUT2D eigenvalue weighted by Gasteiger charge is -2.07. The Balaban J connectivity index is 2.11. The van der Waals surface area contributed by atoms with Crippen molar-refractivity contribution in [2.75, 3.05) is 5.73 Å². The van der Waals surface area contributed by atoms with Crippen molar-refractivity contribution in [2.45, 2.75) is 19.8 Å². The molecule has 3 nitrogen and oxygen atoms in total. The van der Waals surface area contributed by atoms with Crippen LogP contribution in [-0.4, -0.2) is 9.55 Å². The molecule has 0 unspecified atom stereocenters. The summed E-state index contributed by atoms with van der Waals surface area (Å²) >= 11 is 0. The van der Waals surface area contributed by atoms with Gasteiger partial charge in [-0.05, 0) is 36.2 Å². The molecule has 3 rings (SSSR count). The summed E-state index contributed by atoms with van der Waals surface area (Å²) in [6.07, 6.45) is 2.18. The molecule has 2 N–H and O–H groups in total. The molecule has 0 fully saturated rings. The van der Waals surface area contributed by atoms with Gasteiger partial charge in [0.25, 0.3) is 0 Å². The van der Waals surface area contributed by atoms with Gasteiger partial charge in [-0.3, -0.25) is 4.57 Å². The van der Waals surface area contributed by atoms with Crippen molar-refractivity contribution in [2.24, 2.45) is 0 Å². The van der Waals surface area contributed by atoms with Gasteiger partial charge in [0.1, 0.15) is 5.82 Å². The van der Waals surface area contributed by atoms with Gasteiger partial charge in [-0.15, -0.1) is 0 Å². The van der Waals surface area contributed by atoms with Gasteiger partial charge in [-0.1, -0.05) is 25.5 Å². The Morgan fingerprint density at radius 2 is 1.90 bits per heavy atom. The Hall–Kier alpha value is -2.36. The minimum Gasteiger partial charge on any atom is -0.369 e. The molecule has 0 saturated heterocycles. The fourth-order valence-corrected chi connectivity index (χ4v) is 2.44. The number of nitrogens with two attached hydrogens (primary N) is 1. The standard InChI is InChI=1S/C16H16FN3/c1-2-3-11-4-7-13(8-5-11)20-15-9-6-12(17)10-14(15)19-16(20)18/h4-10H,2-3H2,1H3,(H2,18,19). The van der Waals surface area contributed by atoms with Gasteiger partial charge >= 0.3 is 0 Å². The van der Waals surface area contributed by atoms with E-state index < -0.39 is 0 Å². The summed E-state index contributed by atoms with van der Waals surface area (Å²) in [5, 5.41) is 0. The lowest BCUT2D eigenvalue weighted by Crippen LogP contribution is -2.00. The molecule has 2 aromatic carbocycles. The number of hydrogen-bond acceptors (Lipinski definition) is 2. The first kappa shape index (κ1) is 12.7. The number of hydrogen-bond donors (Lipinski definition) is 1. The van der Waals surface area contributed by atoms with Gasteiger partial charge in [0.2, 0.25) is 5.95 Å². The molecule has 0 aliphatic heterocycles. The van der Waals surface area contributed by atoms with Gasteiger partial charge < -0.3 is 5.73 Å². The molecule has 3 aromatic rings. The van der Waals surface area contributed by atoms with Crippen LogP contribution in [-0.2, 0) is 6.42 Å². The van der Waals surface area contributed by atoms with E-state index in [4.69, 9.17) is 5.73 Å². The lowest BCUT2D eigenvalue weighted by molar-refractivity contribution is 0.629. The number of imidazole rings is 1. The second kappa shape index (κ2) is 4.96. The van der Waals surface area contributed by atoms with Crippen molar-refractivity contribution >= 4 is 17.0 Å². The predicted molar refractivity (Wildman–Crippen MR) is 79.4 cm³/mol. The maximum atomic E-state index is 13.2. The molecule has 1 aromatic heterocycles. The highest BCUT2D eigenvalue weighted by Crippen LogP contribution is 2.24. The molecule has 0 amide bonds. The average Bonchev–Trinajstić information content (AvgIpc) is 2.75. The zero-order valence-corrected chi connectivity index (χ0v) is 11.3. The Bertz CT molecular complexity index is 744. The van der Waals surface area contributed by atoms with Gasteiger partial charge in [-0.25, -0.2) is 9.37 Å². The van der Waals surface area contributed by atoms with Crippen LogP contribution in [0.1, 0.15) is 18.9 Å². The summed E-state index contributed by atoms with van der Waals surface area (Å²) in [7, 11) is 0. The van der Waals surface area contributed by atoms with E-state index in [0.717, 1.165) is 24.0 Å². The molecule has 20 heavy (non-hydrogen) atoms. The zero-order valence-electron chi connectivity index (χ0n) is 11.3. The lowest BCUT2D eigenvalue weighted by atomic mass is 10.1. The van der Waals surface area contributed by atoms with Crippen LogP contribution < -0.4 is 5.73 Å². The van der Waals surface area contributed by atoms with E-state index in [2.05, 4.69) is 24.0 Å². The second-order valence-electron chi connectivity index (χ2n) is 4.85. The maximum Gasteiger partial charge on any atom is 0.205 e. The fraction of sp³-hybridized carbons (Fsp3) is 0.188. The van der Waals surface area contributed by atoms with Gasteiger partial charge in [0, 0.05) is 11.8 Å². The highest BCUT2D eigenvalue weighted by molar-refractivity contribution is 5.80. The molecule has 0 spiro atoms. The number of benzene rings is 2. The fourth-order valence-electron chi connectivity index (χ4n) is 2.44. The largest absolute Gasteiger partial charge is 0.369 e. The van der Waals surface area contributed by atoms with Gasteiger partial charge in [0.15, 0.2) is 0 Å². The predicted octanol–water partition coefficient (Wildman–Crippen LogP) is 3.70. The number of fused-ring (bicyclic) bond motifs is 1. The van der Waals surface area contributed by atoms with Crippen molar-refractivity contribution in [3.63, 3.8) is 0 Å². The van der Waals surface area contributed by atoms with Gasteiger partial charge in [-0.2, -0.15) is 0 Å². The third-order valence-corrected chi connectivity index (χ3v) is 3.38. The van der Waals surface area contributed by atoms with E-state index in [9.17, 15) is 4.39 Å².